The summed E-state index contributed by atoms with van der Waals surface area (Å²) in [7, 11) is -2.20. The predicted molar refractivity (Wildman–Crippen MR) is 107 cm³/mol. The molecule has 0 fully saturated rings. The van der Waals surface area contributed by atoms with E-state index in [-0.39, 0.29) is 18.3 Å². The molecule has 0 aliphatic rings. The number of nitrogens with one attached hydrogen (secondary N) is 1. The highest BCUT2D eigenvalue weighted by Gasteiger charge is 2.14. The van der Waals surface area contributed by atoms with Gasteiger partial charge in [-0.15, -0.1) is 0 Å². The lowest BCUT2D eigenvalue weighted by Gasteiger charge is -2.10. The summed E-state index contributed by atoms with van der Waals surface area (Å²) in [5.41, 5.74) is 2.79. The molecule has 3 aromatic rings. The Morgan fingerprint density at radius 1 is 1.14 bits per heavy atom. The Morgan fingerprint density at radius 3 is 2.46 bits per heavy atom. The number of benzene rings is 2. The first-order valence-electron chi connectivity index (χ1n) is 8.90. The second-order valence-electron chi connectivity index (χ2n) is 6.84. The van der Waals surface area contributed by atoms with Crippen LogP contribution in [0.4, 0.5) is 0 Å². The lowest BCUT2D eigenvalue weighted by molar-refractivity contribution is 0.0600. The molecule has 28 heavy (non-hydrogen) atoms. The fourth-order valence-corrected chi connectivity index (χ4v) is 4.03. The van der Waals surface area contributed by atoms with E-state index in [1.165, 1.54) is 7.11 Å². The normalized spacial score (nSPS) is 11.9. The Hall–Kier alpha value is -2.71. The number of fused-ring (bicyclic) bond motifs is 1. The van der Waals surface area contributed by atoms with Crippen molar-refractivity contribution in [2.75, 3.05) is 7.11 Å². The largest absolute Gasteiger partial charge is 0.465 e. The van der Waals surface area contributed by atoms with E-state index >= 15 is 0 Å². The van der Waals surface area contributed by atoms with Crippen LogP contribution < -0.4 is 4.72 Å². The first kappa shape index (κ1) is 20.0. The molecule has 0 aliphatic heterocycles. The molecule has 7 nitrogen and oxygen atoms in total. The minimum absolute atomic E-state index is 0.119. The van der Waals surface area contributed by atoms with Crippen molar-refractivity contribution < 1.29 is 17.9 Å². The van der Waals surface area contributed by atoms with Gasteiger partial charge in [-0.25, -0.2) is 17.9 Å². The average Bonchev–Trinajstić information content (AvgIpc) is 3.09. The summed E-state index contributed by atoms with van der Waals surface area (Å²) in [6.45, 7) is 4.21. The molecule has 0 amide bonds. The number of sulfonamides is 1. The molecule has 0 atom stereocenters. The van der Waals surface area contributed by atoms with Gasteiger partial charge >= 0.3 is 5.97 Å². The Labute approximate surface area is 164 Å². The van der Waals surface area contributed by atoms with Gasteiger partial charge in [-0.3, -0.25) is 4.68 Å². The molecule has 0 radical (unpaired) electrons. The molecule has 0 saturated heterocycles. The minimum Gasteiger partial charge on any atom is -0.465 e. The van der Waals surface area contributed by atoms with Crippen molar-refractivity contribution >= 4 is 26.9 Å². The van der Waals surface area contributed by atoms with Gasteiger partial charge in [0.05, 0.1) is 30.1 Å². The monoisotopic (exact) mass is 401 g/mol. The first-order valence-corrected chi connectivity index (χ1v) is 10.5. The van der Waals surface area contributed by atoms with Crippen molar-refractivity contribution in [1.29, 1.82) is 0 Å². The van der Waals surface area contributed by atoms with Crippen molar-refractivity contribution in [3.63, 3.8) is 0 Å². The molecule has 0 saturated carbocycles. The van der Waals surface area contributed by atoms with Gasteiger partial charge in [0.1, 0.15) is 0 Å². The number of rotatable bonds is 7. The zero-order valence-corrected chi connectivity index (χ0v) is 16.9. The smallest absolute Gasteiger partial charge is 0.337 e. The molecule has 0 bridgehead atoms. The summed E-state index contributed by atoms with van der Waals surface area (Å²) >= 11 is 0. The van der Waals surface area contributed by atoms with Crippen molar-refractivity contribution in [1.82, 2.24) is 14.5 Å². The number of methoxy groups -OCH3 is 1. The molecule has 1 aromatic heterocycles. The van der Waals surface area contributed by atoms with Gasteiger partial charge in [-0.1, -0.05) is 24.3 Å². The molecule has 148 valence electrons. The Bertz CT molecular complexity index is 1090. The summed E-state index contributed by atoms with van der Waals surface area (Å²) in [4.78, 5) is 11.4. The van der Waals surface area contributed by atoms with Crippen molar-refractivity contribution in [3.05, 3.63) is 65.4 Å². The fraction of sp³-hybridized carbons (Fsp3) is 0.300. The van der Waals surface area contributed by atoms with Gasteiger partial charge in [0.2, 0.25) is 10.0 Å². The second-order valence-corrected chi connectivity index (χ2v) is 8.65. The standard InChI is InChI=1S/C20H23N3O4S/c1-14(2)23-19-10-16(6-9-18(19)12-21-23)13-28(25,26)22-11-15-4-7-17(8-5-15)20(24)27-3/h4-10,12,14,22H,11,13H2,1-3H3. The number of aromatic nitrogens is 2. The van der Waals surface area contributed by atoms with Crippen molar-refractivity contribution in [3.8, 4) is 0 Å². The van der Waals surface area contributed by atoms with Crippen LogP contribution in [0.25, 0.3) is 10.9 Å². The molecule has 8 heteroatoms. The molecule has 1 N–H and O–H groups in total. The van der Waals surface area contributed by atoms with Gasteiger partial charge in [-0.05, 0) is 43.2 Å². The molecule has 0 unspecified atom stereocenters. The van der Waals surface area contributed by atoms with E-state index in [1.807, 2.05) is 30.7 Å². The van der Waals surface area contributed by atoms with Gasteiger partial charge in [0.25, 0.3) is 0 Å². The van der Waals surface area contributed by atoms with E-state index in [4.69, 9.17) is 0 Å². The third-order valence-corrected chi connectivity index (χ3v) is 5.68. The fourth-order valence-electron chi connectivity index (χ4n) is 2.92. The number of carbonyl (C=O) groups excluding carboxylic acids is 1. The molecular weight excluding hydrogens is 378 g/mol. The topological polar surface area (TPSA) is 90.3 Å². The Morgan fingerprint density at radius 2 is 1.82 bits per heavy atom. The van der Waals surface area contributed by atoms with E-state index < -0.39 is 16.0 Å². The lowest BCUT2D eigenvalue weighted by Crippen LogP contribution is -2.24. The maximum atomic E-state index is 12.5. The number of hydrogen-bond donors (Lipinski definition) is 1. The first-order chi connectivity index (χ1) is 13.3. The molecule has 2 aromatic carbocycles. The number of ether oxygens (including phenoxy) is 1. The van der Waals surface area contributed by atoms with Crippen LogP contribution in [0.1, 0.15) is 41.4 Å². The van der Waals surface area contributed by atoms with Crippen molar-refractivity contribution in [2.24, 2.45) is 0 Å². The van der Waals surface area contributed by atoms with Crippen LogP contribution in [-0.2, 0) is 27.1 Å². The number of esters is 1. The summed E-state index contributed by atoms with van der Waals surface area (Å²) in [6.07, 6.45) is 1.78. The van der Waals surface area contributed by atoms with Crippen molar-refractivity contribution in [2.45, 2.75) is 32.2 Å². The SMILES string of the molecule is COC(=O)c1ccc(CNS(=O)(=O)Cc2ccc3cnn(C(C)C)c3c2)cc1. The number of carbonyl (C=O) groups is 1. The third kappa shape index (κ3) is 4.58. The van der Waals surface area contributed by atoms with E-state index in [0.29, 0.717) is 11.1 Å². The lowest BCUT2D eigenvalue weighted by atomic mass is 10.1. The van der Waals surface area contributed by atoms with Crippen LogP contribution in [0, 0.1) is 0 Å². The molecule has 0 spiro atoms. The predicted octanol–water partition coefficient (Wildman–Crippen LogP) is 3.02. The molecule has 0 aliphatic carbocycles. The van der Waals surface area contributed by atoms with Crippen LogP contribution in [0.3, 0.4) is 0 Å². The molecular formula is C20H23N3O4S. The quantitative estimate of drug-likeness (QED) is 0.615. The molecule has 1 heterocycles. The summed E-state index contributed by atoms with van der Waals surface area (Å²) in [6, 6.07) is 12.4. The van der Waals surface area contributed by atoms with E-state index in [9.17, 15) is 13.2 Å². The summed E-state index contributed by atoms with van der Waals surface area (Å²) in [5, 5.41) is 5.33. The maximum Gasteiger partial charge on any atom is 0.337 e. The zero-order valence-electron chi connectivity index (χ0n) is 16.0. The highest BCUT2D eigenvalue weighted by molar-refractivity contribution is 7.88. The third-order valence-electron chi connectivity index (χ3n) is 4.38. The van der Waals surface area contributed by atoms with E-state index in [2.05, 4.69) is 14.6 Å². The van der Waals surface area contributed by atoms with Gasteiger partial charge in [-0.2, -0.15) is 5.10 Å². The van der Waals surface area contributed by atoms with E-state index in [1.54, 1.807) is 36.5 Å². The Kier molecular flexibility index (Phi) is 5.81. The van der Waals surface area contributed by atoms with Gasteiger partial charge in [0.15, 0.2) is 0 Å². The zero-order chi connectivity index (χ0) is 20.3. The minimum atomic E-state index is -3.52. The van der Waals surface area contributed by atoms with Gasteiger partial charge in [0, 0.05) is 18.0 Å². The summed E-state index contributed by atoms with van der Waals surface area (Å²) in [5.74, 6) is -0.546. The summed E-state index contributed by atoms with van der Waals surface area (Å²) < 4.78 is 34.1. The maximum absolute atomic E-state index is 12.5. The van der Waals surface area contributed by atoms with Gasteiger partial charge < -0.3 is 4.74 Å². The number of nitrogens with zero attached hydrogens (tertiary/aromatic N) is 2. The van der Waals surface area contributed by atoms with Crippen LogP contribution in [0.5, 0.6) is 0 Å². The van der Waals surface area contributed by atoms with Crippen LogP contribution in [0.15, 0.2) is 48.7 Å². The second kappa shape index (κ2) is 8.12. The number of hydrogen-bond acceptors (Lipinski definition) is 5. The highest BCUT2D eigenvalue weighted by Crippen LogP contribution is 2.20. The van der Waals surface area contributed by atoms with Crippen LogP contribution >= 0.6 is 0 Å². The Balaban J connectivity index is 1.69. The van der Waals surface area contributed by atoms with Crippen LogP contribution in [-0.4, -0.2) is 31.3 Å². The highest BCUT2D eigenvalue weighted by atomic mass is 32.2. The average molecular weight is 401 g/mol. The molecule has 3 rings (SSSR count). The van der Waals surface area contributed by atoms with Crippen LogP contribution in [0.2, 0.25) is 0 Å². The van der Waals surface area contributed by atoms with E-state index in [0.717, 1.165) is 16.5 Å².